The Labute approximate surface area is 177 Å². The summed E-state index contributed by atoms with van der Waals surface area (Å²) in [7, 11) is 0. The van der Waals surface area contributed by atoms with E-state index in [-0.39, 0.29) is 5.91 Å². The van der Waals surface area contributed by atoms with Crippen molar-refractivity contribution in [2.45, 2.75) is 20.0 Å². The number of thiazole rings is 1. The predicted octanol–water partition coefficient (Wildman–Crippen LogP) is 5.60. The van der Waals surface area contributed by atoms with Gasteiger partial charge in [-0.2, -0.15) is 0 Å². The molecule has 1 amide bonds. The SMILES string of the molecule is Cc1nc(-c2ccc(Cl)cc2)sc1C(=O)N(Cc1cccnc1)Cc1ccco1. The van der Waals surface area contributed by atoms with Crippen LogP contribution < -0.4 is 0 Å². The third-order valence-corrected chi connectivity index (χ3v) is 5.84. The van der Waals surface area contributed by atoms with E-state index in [1.165, 1.54) is 11.3 Å². The number of carbonyl (C=O) groups is 1. The van der Waals surface area contributed by atoms with Gasteiger partial charge in [-0.05, 0) is 42.8 Å². The molecule has 3 heterocycles. The first-order valence-corrected chi connectivity index (χ1v) is 10.2. The van der Waals surface area contributed by atoms with Crippen LogP contribution in [0.3, 0.4) is 0 Å². The Kier molecular flexibility index (Phi) is 5.74. The summed E-state index contributed by atoms with van der Waals surface area (Å²) in [5, 5.41) is 1.46. The minimum atomic E-state index is -0.0829. The molecule has 0 aliphatic rings. The highest BCUT2D eigenvalue weighted by Gasteiger charge is 2.23. The van der Waals surface area contributed by atoms with Gasteiger partial charge in [-0.25, -0.2) is 4.98 Å². The van der Waals surface area contributed by atoms with Crippen LogP contribution in [0.25, 0.3) is 10.6 Å². The van der Waals surface area contributed by atoms with Crippen LogP contribution in [0.4, 0.5) is 0 Å². The molecule has 5 nitrogen and oxygen atoms in total. The average molecular weight is 424 g/mol. The Morgan fingerprint density at radius 1 is 1.14 bits per heavy atom. The van der Waals surface area contributed by atoms with Gasteiger partial charge in [0.1, 0.15) is 15.6 Å². The van der Waals surface area contributed by atoms with E-state index in [2.05, 4.69) is 9.97 Å². The first kappa shape index (κ1) is 19.4. The Morgan fingerprint density at radius 2 is 1.97 bits per heavy atom. The molecule has 0 aliphatic heterocycles. The monoisotopic (exact) mass is 423 g/mol. The number of halogens is 1. The first-order valence-electron chi connectivity index (χ1n) is 9.04. The lowest BCUT2D eigenvalue weighted by molar-refractivity contribution is 0.0721. The van der Waals surface area contributed by atoms with Crippen LogP contribution in [-0.2, 0) is 13.1 Å². The van der Waals surface area contributed by atoms with Crippen molar-refractivity contribution < 1.29 is 9.21 Å². The van der Waals surface area contributed by atoms with Crippen molar-refractivity contribution in [2.24, 2.45) is 0 Å². The van der Waals surface area contributed by atoms with Crippen molar-refractivity contribution in [3.8, 4) is 10.6 Å². The Hall–Kier alpha value is -2.96. The third kappa shape index (κ3) is 4.55. The molecule has 0 aliphatic carbocycles. The van der Waals surface area contributed by atoms with Gasteiger partial charge in [0.05, 0.1) is 18.5 Å². The highest BCUT2D eigenvalue weighted by Crippen LogP contribution is 2.30. The van der Waals surface area contributed by atoms with E-state index in [4.69, 9.17) is 16.0 Å². The number of carbonyl (C=O) groups excluding carboxylic acids is 1. The molecule has 0 saturated carbocycles. The van der Waals surface area contributed by atoms with E-state index in [1.807, 2.05) is 55.5 Å². The quantitative estimate of drug-likeness (QED) is 0.405. The molecule has 3 aromatic heterocycles. The fourth-order valence-corrected chi connectivity index (χ4v) is 4.12. The van der Waals surface area contributed by atoms with Crippen LogP contribution in [0.2, 0.25) is 5.02 Å². The molecule has 1 aromatic carbocycles. The smallest absolute Gasteiger partial charge is 0.266 e. The fraction of sp³-hybridized carbons (Fsp3) is 0.136. The molecule has 4 aromatic rings. The van der Waals surface area contributed by atoms with Gasteiger partial charge in [-0.15, -0.1) is 11.3 Å². The number of hydrogen-bond acceptors (Lipinski definition) is 5. The number of amides is 1. The van der Waals surface area contributed by atoms with Crippen molar-refractivity contribution in [2.75, 3.05) is 0 Å². The van der Waals surface area contributed by atoms with Gasteiger partial charge in [0.15, 0.2) is 0 Å². The summed E-state index contributed by atoms with van der Waals surface area (Å²) in [6, 6.07) is 15.0. The number of aromatic nitrogens is 2. The van der Waals surface area contributed by atoms with E-state index < -0.39 is 0 Å². The molecule has 0 unspecified atom stereocenters. The molecule has 0 fully saturated rings. The highest BCUT2D eigenvalue weighted by atomic mass is 35.5. The third-order valence-electron chi connectivity index (χ3n) is 4.39. The molecule has 7 heteroatoms. The van der Waals surface area contributed by atoms with Crippen LogP contribution in [0.5, 0.6) is 0 Å². The van der Waals surface area contributed by atoms with E-state index >= 15 is 0 Å². The molecule has 29 heavy (non-hydrogen) atoms. The number of rotatable bonds is 6. The zero-order chi connectivity index (χ0) is 20.2. The largest absolute Gasteiger partial charge is 0.467 e. The van der Waals surface area contributed by atoms with Crippen molar-refractivity contribution in [3.05, 3.63) is 94.1 Å². The van der Waals surface area contributed by atoms with E-state index in [1.54, 1.807) is 23.6 Å². The maximum Gasteiger partial charge on any atom is 0.266 e. The van der Waals surface area contributed by atoms with Crippen molar-refractivity contribution in [1.82, 2.24) is 14.9 Å². The number of hydrogen-bond donors (Lipinski definition) is 0. The summed E-state index contributed by atoms with van der Waals surface area (Å²) < 4.78 is 5.47. The molecule has 0 spiro atoms. The highest BCUT2D eigenvalue weighted by molar-refractivity contribution is 7.17. The zero-order valence-corrected chi connectivity index (χ0v) is 17.3. The molecule has 0 radical (unpaired) electrons. The van der Waals surface area contributed by atoms with E-state index in [9.17, 15) is 4.79 Å². The fourth-order valence-electron chi connectivity index (χ4n) is 2.96. The molecular weight excluding hydrogens is 406 g/mol. The lowest BCUT2D eigenvalue weighted by Crippen LogP contribution is -2.30. The normalized spacial score (nSPS) is 10.8. The number of aryl methyl sites for hydroxylation is 1. The second-order valence-corrected chi connectivity index (χ2v) is 7.98. The Bertz CT molecular complexity index is 1090. The second kappa shape index (κ2) is 8.59. The maximum absolute atomic E-state index is 13.4. The molecule has 0 bridgehead atoms. The predicted molar refractivity (Wildman–Crippen MR) is 114 cm³/mol. The van der Waals surface area contributed by atoms with Gasteiger partial charge in [0.25, 0.3) is 5.91 Å². The van der Waals surface area contributed by atoms with Gasteiger partial charge in [0.2, 0.25) is 0 Å². The van der Waals surface area contributed by atoms with E-state index in [0.29, 0.717) is 28.7 Å². The van der Waals surface area contributed by atoms with Crippen LogP contribution in [0.15, 0.2) is 71.6 Å². The van der Waals surface area contributed by atoms with Crippen molar-refractivity contribution in [3.63, 3.8) is 0 Å². The molecule has 0 atom stereocenters. The summed E-state index contributed by atoms with van der Waals surface area (Å²) in [4.78, 5) is 24.5. The number of furan rings is 1. The number of nitrogens with zero attached hydrogens (tertiary/aromatic N) is 3. The zero-order valence-electron chi connectivity index (χ0n) is 15.7. The Morgan fingerprint density at radius 3 is 2.66 bits per heavy atom. The average Bonchev–Trinajstić information content (AvgIpc) is 3.38. The van der Waals surface area contributed by atoms with Gasteiger partial charge < -0.3 is 9.32 Å². The molecule has 0 N–H and O–H groups in total. The maximum atomic E-state index is 13.4. The summed E-state index contributed by atoms with van der Waals surface area (Å²) in [5.41, 5.74) is 2.60. The molecule has 0 saturated heterocycles. The standard InChI is InChI=1S/C22H18ClN3O2S/c1-15-20(29-21(25-15)17-6-8-18(23)9-7-17)22(27)26(14-19-5-3-11-28-19)13-16-4-2-10-24-12-16/h2-12H,13-14H2,1H3. The van der Waals surface area contributed by atoms with Crippen LogP contribution >= 0.6 is 22.9 Å². The summed E-state index contributed by atoms with van der Waals surface area (Å²) in [6.07, 6.45) is 5.09. The van der Waals surface area contributed by atoms with Gasteiger partial charge in [-0.1, -0.05) is 29.8 Å². The molecule has 146 valence electrons. The molecular formula is C22H18ClN3O2S. The lowest BCUT2D eigenvalue weighted by atomic mass is 10.2. The first-order chi connectivity index (χ1) is 14.1. The number of benzene rings is 1. The van der Waals surface area contributed by atoms with Crippen LogP contribution in [0, 0.1) is 6.92 Å². The topological polar surface area (TPSA) is 59.2 Å². The van der Waals surface area contributed by atoms with Crippen molar-refractivity contribution >= 4 is 28.8 Å². The minimum Gasteiger partial charge on any atom is -0.467 e. The van der Waals surface area contributed by atoms with Crippen LogP contribution in [-0.4, -0.2) is 20.8 Å². The summed E-state index contributed by atoms with van der Waals surface area (Å²) in [5.74, 6) is 0.641. The van der Waals surface area contributed by atoms with Gasteiger partial charge in [0, 0.05) is 29.5 Å². The van der Waals surface area contributed by atoms with Gasteiger partial charge in [-0.3, -0.25) is 9.78 Å². The van der Waals surface area contributed by atoms with Crippen molar-refractivity contribution in [1.29, 1.82) is 0 Å². The summed E-state index contributed by atoms with van der Waals surface area (Å²) >= 11 is 7.37. The minimum absolute atomic E-state index is 0.0829. The van der Waals surface area contributed by atoms with Crippen LogP contribution in [0.1, 0.15) is 26.7 Å². The molecule has 4 rings (SSSR count). The van der Waals surface area contributed by atoms with Gasteiger partial charge >= 0.3 is 0 Å². The lowest BCUT2D eigenvalue weighted by Gasteiger charge is -2.21. The number of pyridine rings is 1. The Balaban J connectivity index is 1.63. The van der Waals surface area contributed by atoms with E-state index in [0.717, 1.165) is 21.9 Å². The summed E-state index contributed by atoms with van der Waals surface area (Å²) in [6.45, 7) is 2.66. The second-order valence-electron chi connectivity index (χ2n) is 6.54.